The molecule has 0 saturated carbocycles. The predicted molar refractivity (Wildman–Crippen MR) is 66.0 cm³/mol. The molecule has 2 atom stereocenters. The number of nitrogens with two attached hydrogens (primary N) is 1. The molecule has 6 nitrogen and oxygen atoms in total. The van der Waals surface area contributed by atoms with Gasteiger partial charge in [0.15, 0.2) is 5.82 Å². The van der Waals surface area contributed by atoms with Gasteiger partial charge in [0.1, 0.15) is 5.69 Å². The molecule has 4 N–H and O–H groups in total. The Hall–Kier alpha value is -1.56. The van der Waals surface area contributed by atoms with E-state index in [-0.39, 0.29) is 11.2 Å². The number of hydrogen-bond acceptors (Lipinski definition) is 5. The molecule has 92 valence electrons. The number of anilines is 2. The highest BCUT2D eigenvalue weighted by Gasteiger charge is 2.30. The van der Waals surface area contributed by atoms with Crippen LogP contribution in [0.25, 0.3) is 0 Å². The van der Waals surface area contributed by atoms with Crippen LogP contribution in [0.15, 0.2) is 11.1 Å². The summed E-state index contributed by atoms with van der Waals surface area (Å²) in [6.07, 6.45) is 4.97. The van der Waals surface area contributed by atoms with Gasteiger partial charge in [-0.3, -0.25) is 4.79 Å². The Morgan fingerprint density at radius 3 is 3.06 bits per heavy atom. The van der Waals surface area contributed by atoms with Crippen molar-refractivity contribution in [3.63, 3.8) is 0 Å². The van der Waals surface area contributed by atoms with Gasteiger partial charge in [-0.2, -0.15) is 0 Å². The van der Waals surface area contributed by atoms with Gasteiger partial charge >= 0.3 is 0 Å². The van der Waals surface area contributed by atoms with E-state index in [9.17, 15) is 4.79 Å². The third-order valence-corrected chi connectivity index (χ3v) is 3.69. The molecule has 2 bridgehead atoms. The third kappa shape index (κ3) is 1.88. The number of nitrogens with zero attached hydrogens (tertiary/aromatic N) is 2. The first kappa shape index (κ1) is 10.6. The molecule has 2 fully saturated rings. The molecular weight excluding hydrogens is 218 g/mol. The van der Waals surface area contributed by atoms with Gasteiger partial charge in [0.25, 0.3) is 5.56 Å². The van der Waals surface area contributed by atoms with Crippen LogP contribution < -0.4 is 21.5 Å². The van der Waals surface area contributed by atoms with E-state index in [2.05, 4.69) is 20.2 Å². The molecule has 0 amide bonds. The van der Waals surface area contributed by atoms with Crippen molar-refractivity contribution >= 4 is 11.5 Å². The van der Waals surface area contributed by atoms with Crippen LogP contribution in [0.4, 0.5) is 11.5 Å². The molecule has 0 radical (unpaired) electrons. The van der Waals surface area contributed by atoms with Crippen LogP contribution in [0.2, 0.25) is 0 Å². The predicted octanol–water partition coefficient (Wildman–Crippen LogP) is -0.317. The lowest BCUT2D eigenvalue weighted by Gasteiger charge is -2.25. The largest absolute Gasteiger partial charge is 0.391 e. The highest BCUT2D eigenvalue weighted by Crippen LogP contribution is 2.24. The Bertz CT molecular complexity index is 471. The number of hydrogen-bond donors (Lipinski definition) is 3. The summed E-state index contributed by atoms with van der Waals surface area (Å²) in [6, 6.07) is 1.12. The maximum atomic E-state index is 11.5. The van der Waals surface area contributed by atoms with E-state index in [4.69, 9.17) is 5.73 Å². The summed E-state index contributed by atoms with van der Waals surface area (Å²) in [5, 5.41) is 3.59. The van der Waals surface area contributed by atoms with Gasteiger partial charge in [0.05, 0.1) is 6.33 Å². The van der Waals surface area contributed by atoms with Gasteiger partial charge in [-0.05, 0) is 19.3 Å². The molecule has 17 heavy (non-hydrogen) atoms. The number of nitrogens with one attached hydrogen (secondary N) is 2. The Morgan fingerprint density at radius 1 is 1.35 bits per heavy atom. The van der Waals surface area contributed by atoms with Gasteiger partial charge < -0.3 is 20.9 Å². The van der Waals surface area contributed by atoms with Crippen LogP contribution in [0, 0.1) is 0 Å². The molecule has 1 aromatic rings. The van der Waals surface area contributed by atoms with E-state index >= 15 is 0 Å². The molecule has 2 aliphatic rings. The Labute approximate surface area is 99.2 Å². The average Bonchev–Trinajstić information content (AvgIpc) is 2.63. The zero-order valence-corrected chi connectivity index (χ0v) is 9.65. The van der Waals surface area contributed by atoms with Crippen molar-refractivity contribution < 1.29 is 0 Å². The average molecular weight is 235 g/mol. The van der Waals surface area contributed by atoms with E-state index < -0.39 is 0 Å². The number of aromatic amines is 1. The van der Waals surface area contributed by atoms with Crippen LogP contribution in [0.5, 0.6) is 0 Å². The van der Waals surface area contributed by atoms with Gasteiger partial charge in [0, 0.05) is 25.2 Å². The number of fused-ring (bicyclic) bond motifs is 2. The first-order valence-electron chi connectivity index (χ1n) is 6.08. The fraction of sp³-hybridized carbons (Fsp3) is 0.636. The molecule has 1 aromatic heterocycles. The SMILES string of the molecule is Nc1c(N2CCC3CCC(C2)N3)nc[nH]c1=O. The molecule has 2 unspecified atom stereocenters. The quantitative estimate of drug-likeness (QED) is 0.621. The van der Waals surface area contributed by atoms with Crippen molar-refractivity contribution in [2.24, 2.45) is 0 Å². The maximum absolute atomic E-state index is 11.5. The summed E-state index contributed by atoms with van der Waals surface area (Å²) in [4.78, 5) is 20.3. The Balaban J connectivity index is 1.88. The second kappa shape index (κ2) is 4.03. The summed E-state index contributed by atoms with van der Waals surface area (Å²) < 4.78 is 0. The lowest BCUT2D eigenvalue weighted by atomic mass is 10.1. The van der Waals surface area contributed by atoms with Crippen LogP contribution in [0.3, 0.4) is 0 Å². The minimum Gasteiger partial charge on any atom is -0.391 e. The van der Waals surface area contributed by atoms with Crippen LogP contribution in [-0.2, 0) is 0 Å². The van der Waals surface area contributed by atoms with Crippen LogP contribution in [0.1, 0.15) is 19.3 Å². The minimum atomic E-state index is -0.252. The van der Waals surface area contributed by atoms with Gasteiger partial charge in [0.2, 0.25) is 0 Å². The smallest absolute Gasteiger partial charge is 0.276 e. The molecule has 0 aromatic carbocycles. The maximum Gasteiger partial charge on any atom is 0.276 e. The summed E-state index contributed by atoms with van der Waals surface area (Å²) >= 11 is 0. The molecule has 3 rings (SSSR count). The highest BCUT2D eigenvalue weighted by molar-refractivity contribution is 5.61. The molecule has 0 aliphatic carbocycles. The van der Waals surface area contributed by atoms with Crippen molar-refractivity contribution in [2.45, 2.75) is 31.3 Å². The molecule has 2 saturated heterocycles. The standard InChI is InChI=1S/C11H17N5O/c12-9-10(13-6-14-11(9)17)16-4-3-7-1-2-8(5-16)15-7/h6-8,15H,1-5,12H2,(H,13,14,17). The van der Waals surface area contributed by atoms with Crippen molar-refractivity contribution in [1.82, 2.24) is 15.3 Å². The second-order valence-electron chi connectivity index (χ2n) is 4.84. The fourth-order valence-corrected chi connectivity index (χ4v) is 2.79. The van der Waals surface area contributed by atoms with Gasteiger partial charge in [-0.25, -0.2) is 4.98 Å². The topological polar surface area (TPSA) is 87.0 Å². The summed E-state index contributed by atoms with van der Waals surface area (Å²) in [7, 11) is 0. The van der Waals surface area contributed by atoms with Gasteiger partial charge in [-0.1, -0.05) is 0 Å². The van der Waals surface area contributed by atoms with Gasteiger partial charge in [-0.15, -0.1) is 0 Å². The second-order valence-corrected chi connectivity index (χ2v) is 4.84. The molecule has 0 spiro atoms. The molecular formula is C11H17N5O. The van der Waals surface area contributed by atoms with E-state index in [1.54, 1.807) is 0 Å². The van der Waals surface area contributed by atoms with Crippen molar-refractivity contribution in [2.75, 3.05) is 23.7 Å². The minimum absolute atomic E-state index is 0.227. The van der Waals surface area contributed by atoms with Crippen molar-refractivity contribution in [1.29, 1.82) is 0 Å². The first-order valence-corrected chi connectivity index (χ1v) is 6.08. The summed E-state index contributed by atoms with van der Waals surface area (Å²) in [5.41, 5.74) is 5.77. The fourth-order valence-electron chi connectivity index (χ4n) is 2.79. The normalized spacial score (nSPS) is 28.1. The molecule has 2 aliphatic heterocycles. The van der Waals surface area contributed by atoms with E-state index in [1.807, 2.05) is 0 Å². The molecule has 3 heterocycles. The highest BCUT2D eigenvalue weighted by atomic mass is 16.1. The number of H-pyrrole nitrogens is 1. The molecule has 6 heteroatoms. The third-order valence-electron chi connectivity index (χ3n) is 3.69. The number of nitrogen functional groups attached to an aromatic ring is 1. The van der Waals surface area contributed by atoms with E-state index in [1.165, 1.54) is 19.2 Å². The zero-order valence-electron chi connectivity index (χ0n) is 9.65. The Morgan fingerprint density at radius 2 is 2.18 bits per heavy atom. The lowest BCUT2D eigenvalue weighted by molar-refractivity contribution is 0.563. The number of rotatable bonds is 1. The van der Waals surface area contributed by atoms with E-state index in [0.717, 1.165) is 19.5 Å². The van der Waals surface area contributed by atoms with Crippen LogP contribution >= 0.6 is 0 Å². The zero-order chi connectivity index (χ0) is 11.8. The first-order chi connectivity index (χ1) is 8.24. The number of aromatic nitrogens is 2. The van der Waals surface area contributed by atoms with Crippen molar-refractivity contribution in [3.05, 3.63) is 16.7 Å². The lowest BCUT2D eigenvalue weighted by Crippen LogP contribution is -2.36. The summed E-state index contributed by atoms with van der Waals surface area (Å²) in [5.74, 6) is 0.628. The van der Waals surface area contributed by atoms with E-state index in [0.29, 0.717) is 17.9 Å². The summed E-state index contributed by atoms with van der Waals surface area (Å²) in [6.45, 7) is 1.80. The monoisotopic (exact) mass is 235 g/mol. The van der Waals surface area contributed by atoms with Crippen molar-refractivity contribution in [3.8, 4) is 0 Å². The Kier molecular flexibility index (Phi) is 2.51. The van der Waals surface area contributed by atoms with Crippen LogP contribution in [-0.4, -0.2) is 35.1 Å².